The van der Waals surface area contributed by atoms with E-state index >= 15 is 0 Å². The van der Waals surface area contributed by atoms with Crippen molar-refractivity contribution in [3.05, 3.63) is 59.4 Å². The molecule has 3 rings (SSSR count). The van der Waals surface area contributed by atoms with Crippen LogP contribution in [0.4, 0.5) is 11.8 Å². The number of fused-ring (bicyclic) bond motifs is 1. The predicted octanol–water partition coefficient (Wildman–Crippen LogP) is 4.20. The number of hydrogen-bond acceptors (Lipinski definition) is 8. The molecule has 2 atom stereocenters. The SMILES string of the molecule is C#CCC(Cc1cnc2nc(N)nc(N)c2n1)c1ccc(C(=O)C[C@@H](CCC(=C)C(C)C)C(=O)O)cc1. The van der Waals surface area contributed by atoms with E-state index < -0.39 is 11.9 Å². The lowest BCUT2D eigenvalue weighted by molar-refractivity contribution is -0.141. The second kappa shape index (κ2) is 12.1. The number of rotatable bonds is 12. The number of carboxylic acids is 1. The number of nitrogen functional groups attached to an aromatic ring is 2. The Hall–Kier alpha value is -4.32. The number of aliphatic carboxylic acids is 1. The van der Waals surface area contributed by atoms with E-state index in [1.54, 1.807) is 18.3 Å². The summed E-state index contributed by atoms with van der Waals surface area (Å²) in [6, 6.07) is 7.12. The summed E-state index contributed by atoms with van der Waals surface area (Å²) < 4.78 is 0. The first kappa shape index (κ1) is 27.3. The molecule has 0 radical (unpaired) electrons. The van der Waals surface area contributed by atoms with Gasteiger partial charge in [0.25, 0.3) is 0 Å². The van der Waals surface area contributed by atoms with Crippen molar-refractivity contribution in [1.82, 2.24) is 19.9 Å². The van der Waals surface area contributed by atoms with Gasteiger partial charge in [-0.2, -0.15) is 9.97 Å². The van der Waals surface area contributed by atoms with Crippen molar-refractivity contribution in [1.29, 1.82) is 0 Å². The fraction of sp³-hybridized carbons (Fsp3) is 0.357. The van der Waals surface area contributed by atoms with Crippen LogP contribution in [0.1, 0.15) is 67.1 Å². The average molecular weight is 501 g/mol. The highest BCUT2D eigenvalue weighted by Gasteiger charge is 2.23. The number of terminal acetylenes is 1. The molecule has 1 unspecified atom stereocenters. The van der Waals surface area contributed by atoms with Gasteiger partial charge in [0.2, 0.25) is 5.95 Å². The Labute approximate surface area is 216 Å². The Morgan fingerprint density at radius 2 is 1.84 bits per heavy atom. The second-order valence-electron chi connectivity index (χ2n) is 9.45. The number of aromatic nitrogens is 4. The lowest BCUT2D eigenvalue weighted by atomic mass is 9.88. The molecule has 0 saturated carbocycles. The molecule has 5 N–H and O–H groups in total. The molecule has 0 bridgehead atoms. The number of ketones is 1. The van der Waals surface area contributed by atoms with Crippen LogP contribution >= 0.6 is 0 Å². The van der Waals surface area contributed by atoms with Gasteiger partial charge in [-0.15, -0.1) is 12.3 Å². The monoisotopic (exact) mass is 500 g/mol. The third kappa shape index (κ3) is 7.10. The molecule has 0 aliphatic carbocycles. The van der Waals surface area contributed by atoms with Gasteiger partial charge < -0.3 is 16.6 Å². The van der Waals surface area contributed by atoms with E-state index in [1.165, 1.54) is 0 Å². The molecule has 0 fully saturated rings. The maximum atomic E-state index is 12.8. The molecule has 1 aromatic carbocycles. The minimum Gasteiger partial charge on any atom is -0.481 e. The van der Waals surface area contributed by atoms with Gasteiger partial charge in [0.1, 0.15) is 0 Å². The van der Waals surface area contributed by atoms with Crippen molar-refractivity contribution in [2.75, 3.05) is 11.5 Å². The number of carbonyl (C=O) groups excluding carboxylic acids is 1. The standard InChI is InChI=1S/C28H32N6O3/c1-5-6-20(13-22-15-31-26-24(32-22)25(29)33-28(30)34-26)18-9-11-19(12-10-18)23(35)14-21(27(36)37)8-7-17(4)16(2)3/h1,9-12,15-16,20-21H,4,6-8,13-14H2,2-3H3,(H,36,37)(H4,29,30,31,33,34)/t20?,21-/m1/s1. The summed E-state index contributed by atoms with van der Waals surface area (Å²) in [7, 11) is 0. The number of benzene rings is 1. The third-order valence-corrected chi connectivity index (χ3v) is 6.44. The highest BCUT2D eigenvalue weighted by molar-refractivity contribution is 5.98. The van der Waals surface area contributed by atoms with Crippen molar-refractivity contribution in [3.8, 4) is 12.3 Å². The summed E-state index contributed by atoms with van der Waals surface area (Å²) >= 11 is 0. The zero-order chi connectivity index (χ0) is 27.1. The normalized spacial score (nSPS) is 12.7. The Morgan fingerprint density at radius 3 is 2.46 bits per heavy atom. The van der Waals surface area contributed by atoms with E-state index in [0.29, 0.717) is 48.1 Å². The minimum atomic E-state index is -0.971. The lowest BCUT2D eigenvalue weighted by Crippen LogP contribution is -2.18. The second-order valence-corrected chi connectivity index (χ2v) is 9.45. The third-order valence-electron chi connectivity index (χ3n) is 6.44. The fourth-order valence-electron chi connectivity index (χ4n) is 4.03. The zero-order valence-corrected chi connectivity index (χ0v) is 21.1. The van der Waals surface area contributed by atoms with E-state index in [0.717, 1.165) is 11.1 Å². The molecule has 0 saturated heterocycles. The molecule has 37 heavy (non-hydrogen) atoms. The molecule has 2 heterocycles. The quantitative estimate of drug-likeness (QED) is 0.188. The highest BCUT2D eigenvalue weighted by atomic mass is 16.4. The highest BCUT2D eigenvalue weighted by Crippen LogP contribution is 2.26. The number of nitrogens with two attached hydrogens (primary N) is 2. The molecule has 0 spiro atoms. The van der Waals surface area contributed by atoms with Crippen molar-refractivity contribution in [2.45, 2.75) is 51.9 Å². The van der Waals surface area contributed by atoms with Gasteiger partial charge >= 0.3 is 5.97 Å². The Morgan fingerprint density at radius 1 is 1.14 bits per heavy atom. The maximum absolute atomic E-state index is 12.8. The molecular formula is C28H32N6O3. The van der Waals surface area contributed by atoms with Crippen LogP contribution in [0.5, 0.6) is 0 Å². The molecule has 9 heteroatoms. The minimum absolute atomic E-state index is 0.0302. The molecule has 192 valence electrons. The first-order valence-electron chi connectivity index (χ1n) is 12.1. The number of carboxylic acid groups (broad SMARTS) is 1. The summed E-state index contributed by atoms with van der Waals surface area (Å²) in [6.07, 6.45) is 9.07. The van der Waals surface area contributed by atoms with Crippen molar-refractivity contribution < 1.29 is 14.7 Å². The Balaban J connectivity index is 1.73. The van der Waals surface area contributed by atoms with Gasteiger partial charge in [0, 0.05) is 24.3 Å². The molecule has 2 aromatic heterocycles. The van der Waals surface area contributed by atoms with Gasteiger partial charge in [-0.25, -0.2) is 9.97 Å². The van der Waals surface area contributed by atoms with Gasteiger partial charge in [0.05, 0.1) is 17.8 Å². The molecule has 9 nitrogen and oxygen atoms in total. The van der Waals surface area contributed by atoms with Crippen LogP contribution in [-0.4, -0.2) is 36.8 Å². The Bertz CT molecular complexity index is 1340. The summed E-state index contributed by atoms with van der Waals surface area (Å²) in [6.45, 7) is 8.04. The largest absolute Gasteiger partial charge is 0.481 e. The van der Waals surface area contributed by atoms with Crippen LogP contribution in [0, 0.1) is 24.2 Å². The van der Waals surface area contributed by atoms with Crippen LogP contribution in [0.15, 0.2) is 42.6 Å². The first-order valence-corrected chi connectivity index (χ1v) is 12.1. The van der Waals surface area contributed by atoms with Crippen molar-refractivity contribution >= 4 is 34.7 Å². The topological polar surface area (TPSA) is 158 Å². The van der Waals surface area contributed by atoms with Crippen molar-refractivity contribution in [2.24, 2.45) is 11.8 Å². The zero-order valence-electron chi connectivity index (χ0n) is 21.1. The maximum Gasteiger partial charge on any atom is 0.306 e. The number of hydrogen-bond donors (Lipinski definition) is 3. The predicted molar refractivity (Wildman–Crippen MR) is 144 cm³/mol. The molecule has 0 amide bonds. The summed E-state index contributed by atoms with van der Waals surface area (Å²) in [5, 5.41) is 9.60. The number of allylic oxidation sites excluding steroid dienone is 1. The van der Waals surface area contributed by atoms with Gasteiger partial charge in [-0.3, -0.25) is 9.59 Å². The smallest absolute Gasteiger partial charge is 0.306 e. The van der Waals surface area contributed by atoms with Crippen molar-refractivity contribution in [3.63, 3.8) is 0 Å². The number of Topliss-reactive ketones (excluding diaryl/α,β-unsaturated/α-hetero) is 1. The van der Waals surface area contributed by atoms with E-state index in [2.05, 4.69) is 32.4 Å². The van der Waals surface area contributed by atoms with Crippen LogP contribution in [-0.2, 0) is 11.2 Å². The Kier molecular flexibility index (Phi) is 8.90. The number of nitrogens with zero attached hydrogens (tertiary/aromatic N) is 4. The molecule has 0 aliphatic heterocycles. The average Bonchev–Trinajstić information content (AvgIpc) is 2.86. The van der Waals surface area contributed by atoms with E-state index in [-0.39, 0.29) is 35.8 Å². The van der Waals surface area contributed by atoms with Crippen LogP contribution in [0.3, 0.4) is 0 Å². The van der Waals surface area contributed by atoms with Crippen LogP contribution < -0.4 is 11.5 Å². The number of carbonyl (C=O) groups is 2. The fourth-order valence-corrected chi connectivity index (χ4v) is 4.03. The summed E-state index contributed by atoms with van der Waals surface area (Å²) in [4.78, 5) is 41.4. The van der Waals surface area contributed by atoms with Gasteiger partial charge in [-0.05, 0) is 30.7 Å². The molecule has 0 aliphatic rings. The van der Waals surface area contributed by atoms with E-state index in [4.69, 9.17) is 17.9 Å². The van der Waals surface area contributed by atoms with Crippen LogP contribution in [0.2, 0.25) is 0 Å². The van der Waals surface area contributed by atoms with Gasteiger partial charge in [-0.1, -0.05) is 50.3 Å². The lowest BCUT2D eigenvalue weighted by Gasteiger charge is -2.16. The number of anilines is 2. The molecular weight excluding hydrogens is 468 g/mol. The summed E-state index contributed by atoms with van der Waals surface area (Å²) in [5.41, 5.74) is 15.3. The molecule has 3 aromatic rings. The first-order chi connectivity index (χ1) is 17.6. The van der Waals surface area contributed by atoms with Crippen LogP contribution in [0.25, 0.3) is 11.2 Å². The van der Waals surface area contributed by atoms with E-state index in [1.807, 2.05) is 26.0 Å². The van der Waals surface area contributed by atoms with E-state index in [9.17, 15) is 14.7 Å². The summed E-state index contributed by atoms with van der Waals surface area (Å²) in [5.74, 6) is 1.14. The van der Waals surface area contributed by atoms with Gasteiger partial charge in [0.15, 0.2) is 22.8 Å².